The first-order valence-electron chi connectivity index (χ1n) is 8.98. The van der Waals surface area contributed by atoms with E-state index in [9.17, 15) is 22.0 Å². The van der Waals surface area contributed by atoms with Crippen LogP contribution in [-0.2, 0) is 11.6 Å². The van der Waals surface area contributed by atoms with Crippen LogP contribution in [0.3, 0.4) is 0 Å². The highest BCUT2D eigenvalue weighted by molar-refractivity contribution is 6.15. The molecule has 3 heterocycles. The van der Waals surface area contributed by atoms with Crippen molar-refractivity contribution in [2.24, 2.45) is 4.99 Å². The maximum absolute atomic E-state index is 14.8. The number of hydrogen-bond donors (Lipinski definition) is 0. The van der Waals surface area contributed by atoms with Crippen LogP contribution in [0.25, 0.3) is 5.52 Å². The molecule has 0 amide bonds. The Hall–Kier alpha value is -2.77. The zero-order chi connectivity index (χ0) is 21.4. The Kier molecular flexibility index (Phi) is 3.96. The molecule has 152 valence electrons. The van der Waals surface area contributed by atoms with Crippen molar-refractivity contribution >= 4 is 11.2 Å². The monoisotopic (exact) mass is 407 g/mol. The second-order valence-electron chi connectivity index (χ2n) is 8.23. The van der Waals surface area contributed by atoms with Gasteiger partial charge in [0.25, 0.3) is 0 Å². The Bertz CT molecular complexity index is 1170. The van der Waals surface area contributed by atoms with Crippen molar-refractivity contribution in [3.63, 3.8) is 0 Å². The molecule has 1 aliphatic heterocycles. The Balaban J connectivity index is 2.01. The van der Waals surface area contributed by atoms with Gasteiger partial charge in [-0.3, -0.25) is 4.99 Å². The predicted octanol–water partition coefficient (Wildman–Crippen LogP) is 5.54. The lowest BCUT2D eigenvalue weighted by molar-refractivity contribution is -0.136. The van der Waals surface area contributed by atoms with Crippen LogP contribution >= 0.6 is 0 Å². The fraction of sp³-hybridized carbons (Fsp3) is 0.333. The molecule has 0 saturated heterocycles. The van der Waals surface area contributed by atoms with E-state index >= 15 is 0 Å². The van der Waals surface area contributed by atoms with E-state index in [-0.39, 0.29) is 5.56 Å². The molecule has 0 radical (unpaired) electrons. The summed E-state index contributed by atoms with van der Waals surface area (Å²) in [5.41, 5.74) is -1.44. The number of fused-ring (bicyclic) bond motifs is 2. The zero-order valence-electron chi connectivity index (χ0n) is 16.2. The Labute approximate surface area is 163 Å². The number of alkyl halides is 3. The molecule has 1 aliphatic rings. The summed E-state index contributed by atoms with van der Waals surface area (Å²) in [5.74, 6) is -1.52. The summed E-state index contributed by atoms with van der Waals surface area (Å²) in [7, 11) is 0. The van der Waals surface area contributed by atoms with E-state index in [1.54, 1.807) is 6.07 Å². The largest absolute Gasteiger partial charge is 0.418 e. The second-order valence-corrected chi connectivity index (χ2v) is 8.23. The standard InChI is InChI=1S/C21H18F5N3/c1-19(2)17-12(6-5-7-14(17)22)18(28-20(19,3)4)11-8-15-13(21(24,25)26)9-16(23)29(15)27-10-11/h5-10H,1-4H3. The van der Waals surface area contributed by atoms with E-state index in [4.69, 9.17) is 4.99 Å². The Morgan fingerprint density at radius 1 is 1.00 bits per heavy atom. The van der Waals surface area contributed by atoms with Gasteiger partial charge in [-0.2, -0.15) is 22.7 Å². The lowest BCUT2D eigenvalue weighted by Gasteiger charge is -2.44. The molecule has 29 heavy (non-hydrogen) atoms. The molecule has 0 unspecified atom stereocenters. The average Bonchev–Trinajstić information content (AvgIpc) is 2.95. The number of halogens is 5. The van der Waals surface area contributed by atoms with Gasteiger partial charge in [-0.1, -0.05) is 26.0 Å². The van der Waals surface area contributed by atoms with E-state index in [0.717, 1.165) is 0 Å². The maximum Gasteiger partial charge on any atom is 0.418 e. The number of aliphatic imine (C=N–C) groups is 1. The van der Waals surface area contributed by atoms with Crippen molar-refractivity contribution in [2.45, 2.75) is 44.8 Å². The molecular weight excluding hydrogens is 389 g/mol. The van der Waals surface area contributed by atoms with E-state index in [0.29, 0.717) is 27.4 Å². The summed E-state index contributed by atoms with van der Waals surface area (Å²) in [4.78, 5) is 4.75. The van der Waals surface area contributed by atoms with Crippen LogP contribution in [0.4, 0.5) is 22.0 Å². The molecule has 4 rings (SSSR count). The summed E-state index contributed by atoms with van der Waals surface area (Å²) in [5, 5.41) is 3.84. The van der Waals surface area contributed by atoms with Gasteiger partial charge in [-0.15, -0.1) is 0 Å². The number of aromatic nitrogens is 2. The summed E-state index contributed by atoms with van der Waals surface area (Å²) in [6.07, 6.45) is -3.49. The quantitative estimate of drug-likeness (QED) is 0.487. The lowest BCUT2D eigenvalue weighted by atomic mass is 9.65. The molecule has 2 aromatic heterocycles. The van der Waals surface area contributed by atoms with Crippen LogP contribution in [0.2, 0.25) is 0 Å². The lowest BCUT2D eigenvalue weighted by Crippen LogP contribution is -2.46. The average molecular weight is 407 g/mol. The molecular formula is C21H18F5N3. The molecule has 0 fully saturated rings. The Morgan fingerprint density at radius 2 is 1.69 bits per heavy atom. The highest BCUT2D eigenvalue weighted by Gasteiger charge is 2.45. The summed E-state index contributed by atoms with van der Waals surface area (Å²) in [6.45, 7) is 7.43. The third-order valence-corrected chi connectivity index (χ3v) is 5.97. The van der Waals surface area contributed by atoms with Gasteiger partial charge >= 0.3 is 6.18 Å². The minimum atomic E-state index is -4.74. The van der Waals surface area contributed by atoms with Crippen molar-refractivity contribution in [1.29, 1.82) is 0 Å². The molecule has 0 N–H and O–H groups in total. The smallest absolute Gasteiger partial charge is 0.277 e. The Morgan fingerprint density at radius 3 is 2.34 bits per heavy atom. The van der Waals surface area contributed by atoms with Crippen LogP contribution in [0, 0.1) is 11.8 Å². The molecule has 3 aromatic rings. The first-order chi connectivity index (χ1) is 13.3. The van der Waals surface area contributed by atoms with Crippen LogP contribution in [0.1, 0.15) is 49.9 Å². The van der Waals surface area contributed by atoms with Gasteiger partial charge in [-0.05, 0) is 26.0 Å². The van der Waals surface area contributed by atoms with Crippen molar-refractivity contribution in [3.8, 4) is 0 Å². The molecule has 0 saturated carbocycles. The third-order valence-electron chi connectivity index (χ3n) is 5.97. The van der Waals surface area contributed by atoms with Crippen LogP contribution < -0.4 is 0 Å². The molecule has 0 bridgehead atoms. The SMILES string of the molecule is CC1(C)N=C(c2cnn3c(F)cc(C(F)(F)F)c3c2)c2cccc(F)c2C1(C)C. The highest BCUT2D eigenvalue weighted by Crippen LogP contribution is 2.45. The topological polar surface area (TPSA) is 29.7 Å². The summed E-state index contributed by atoms with van der Waals surface area (Å²) < 4.78 is 69.3. The molecule has 3 nitrogen and oxygen atoms in total. The fourth-order valence-electron chi connectivity index (χ4n) is 3.76. The summed E-state index contributed by atoms with van der Waals surface area (Å²) >= 11 is 0. The maximum atomic E-state index is 14.8. The number of nitrogens with zero attached hydrogens (tertiary/aromatic N) is 3. The zero-order valence-corrected chi connectivity index (χ0v) is 16.2. The van der Waals surface area contributed by atoms with Crippen LogP contribution in [0.15, 0.2) is 41.5 Å². The first-order valence-corrected chi connectivity index (χ1v) is 8.98. The van der Waals surface area contributed by atoms with Crippen molar-refractivity contribution in [3.05, 3.63) is 70.5 Å². The van der Waals surface area contributed by atoms with Crippen molar-refractivity contribution < 1.29 is 22.0 Å². The number of benzene rings is 1. The minimum Gasteiger partial charge on any atom is -0.277 e. The van der Waals surface area contributed by atoms with Gasteiger partial charge in [0.1, 0.15) is 5.82 Å². The molecule has 8 heteroatoms. The van der Waals surface area contributed by atoms with E-state index in [1.165, 1.54) is 24.4 Å². The molecule has 1 aromatic carbocycles. The van der Waals surface area contributed by atoms with E-state index < -0.39 is 40.0 Å². The van der Waals surface area contributed by atoms with Gasteiger partial charge in [0.05, 0.1) is 28.5 Å². The summed E-state index contributed by atoms with van der Waals surface area (Å²) in [6, 6.07) is 6.17. The molecule has 0 spiro atoms. The number of hydrogen-bond acceptors (Lipinski definition) is 2. The normalized spacial score (nSPS) is 17.9. The predicted molar refractivity (Wildman–Crippen MR) is 99.3 cm³/mol. The van der Waals surface area contributed by atoms with Gasteiger partial charge in [0, 0.05) is 28.2 Å². The van der Waals surface area contributed by atoms with E-state index in [2.05, 4.69) is 5.10 Å². The van der Waals surface area contributed by atoms with Crippen LogP contribution in [0.5, 0.6) is 0 Å². The van der Waals surface area contributed by atoms with Gasteiger partial charge in [0.2, 0.25) is 5.95 Å². The van der Waals surface area contributed by atoms with Gasteiger partial charge in [0.15, 0.2) is 0 Å². The van der Waals surface area contributed by atoms with E-state index in [1.807, 2.05) is 27.7 Å². The molecule has 0 aliphatic carbocycles. The van der Waals surface area contributed by atoms with Gasteiger partial charge < -0.3 is 0 Å². The molecule has 0 atom stereocenters. The highest BCUT2D eigenvalue weighted by atomic mass is 19.4. The minimum absolute atomic E-state index is 0.261. The fourth-order valence-corrected chi connectivity index (χ4v) is 3.76. The first kappa shape index (κ1) is 19.5. The number of rotatable bonds is 1. The van der Waals surface area contributed by atoms with Gasteiger partial charge in [-0.25, -0.2) is 8.91 Å². The van der Waals surface area contributed by atoms with Crippen LogP contribution in [-0.4, -0.2) is 20.9 Å². The van der Waals surface area contributed by atoms with Crippen molar-refractivity contribution in [1.82, 2.24) is 9.61 Å². The second kappa shape index (κ2) is 5.87. The van der Waals surface area contributed by atoms with Crippen molar-refractivity contribution in [2.75, 3.05) is 0 Å². The third kappa shape index (κ3) is 2.76.